The predicted molar refractivity (Wildman–Crippen MR) is 113 cm³/mol. The fourth-order valence-corrected chi connectivity index (χ4v) is 4.93. The maximum absolute atomic E-state index is 13.5. The van der Waals surface area contributed by atoms with Gasteiger partial charge in [-0.1, -0.05) is 48.0 Å². The molecule has 2 atom stereocenters. The van der Waals surface area contributed by atoms with Gasteiger partial charge in [0.25, 0.3) is 0 Å². The van der Waals surface area contributed by atoms with Crippen molar-refractivity contribution in [1.82, 2.24) is 0 Å². The molecule has 1 fully saturated rings. The number of benzene rings is 3. The average Bonchev–Trinajstić information content (AvgIpc) is 3.43. The minimum atomic E-state index is -1.38. The van der Waals surface area contributed by atoms with Crippen LogP contribution in [0, 0.1) is 11.3 Å². The molecule has 1 spiro atoms. The summed E-state index contributed by atoms with van der Waals surface area (Å²) in [5.74, 6) is -1.35. The third kappa shape index (κ3) is 2.44. The van der Waals surface area contributed by atoms with Gasteiger partial charge >= 0.3 is 0 Å². The summed E-state index contributed by atoms with van der Waals surface area (Å²) in [6, 6.07) is 20.6. The highest BCUT2D eigenvalue weighted by atomic mass is 35.5. The van der Waals surface area contributed by atoms with Crippen LogP contribution >= 0.6 is 11.6 Å². The third-order valence-corrected chi connectivity index (χ3v) is 6.51. The quantitative estimate of drug-likeness (QED) is 0.443. The number of carbonyl (C=O) groups excluding carboxylic acids is 3. The molecule has 0 aliphatic heterocycles. The van der Waals surface area contributed by atoms with Crippen molar-refractivity contribution < 1.29 is 19.1 Å². The number of fused-ring (bicyclic) bond motifs is 1. The van der Waals surface area contributed by atoms with Crippen LogP contribution < -0.4 is 4.74 Å². The van der Waals surface area contributed by atoms with Crippen LogP contribution in [0.15, 0.2) is 72.8 Å². The van der Waals surface area contributed by atoms with Gasteiger partial charge in [0.1, 0.15) is 11.2 Å². The second-order valence-electron chi connectivity index (χ2n) is 7.67. The number of ketones is 3. The molecule has 3 aromatic carbocycles. The summed E-state index contributed by atoms with van der Waals surface area (Å²) in [6.45, 7) is 0. The smallest absolute Gasteiger partial charge is 0.178 e. The van der Waals surface area contributed by atoms with Crippen LogP contribution in [0.4, 0.5) is 0 Å². The topological polar surface area (TPSA) is 60.4 Å². The number of hydrogen-bond acceptors (Lipinski definition) is 4. The monoisotopic (exact) mass is 416 g/mol. The molecule has 3 aromatic rings. The number of carbonyl (C=O) groups is 3. The Kier molecular flexibility index (Phi) is 4.16. The summed E-state index contributed by atoms with van der Waals surface area (Å²) in [4.78, 5) is 40.4. The first-order valence-electron chi connectivity index (χ1n) is 9.62. The lowest BCUT2D eigenvalue weighted by molar-refractivity contribution is 0.0764. The summed E-state index contributed by atoms with van der Waals surface area (Å²) in [5.41, 5.74) is 0.628. The van der Waals surface area contributed by atoms with E-state index in [2.05, 4.69) is 0 Å². The second kappa shape index (κ2) is 6.64. The molecule has 148 valence electrons. The lowest BCUT2D eigenvalue weighted by Crippen LogP contribution is -2.23. The number of Topliss-reactive ketones (excluding diaryl/α,β-unsaturated/α-hetero) is 3. The number of halogens is 1. The van der Waals surface area contributed by atoms with Gasteiger partial charge in [0, 0.05) is 27.6 Å². The third-order valence-electron chi connectivity index (χ3n) is 6.26. The van der Waals surface area contributed by atoms with Gasteiger partial charge in [-0.25, -0.2) is 0 Å². The van der Waals surface area contributed by atoms with E-state index in [1.54, 1.807) is 67.8 Å². The van der Waals surface area contributed by atoms with E-state index in [4.69, 9.17) is 16.3 Å². The van der Waals surface area contributed by atoms with E-state index >= 15 is 0 Å². The summed E-state index contributed by atoms with van der Waals surface area (Å²) in [7, 11) is 1.57. The number of ether oxygens (including phenoxy) is 1. The van der Waals surface area contributed by atoms with Crippen LogP contribution in [-0.4, -0.2) is 24.5 Å². The van der Waals surface area contributed by atoms with E-state index in [1.165, 1.54) is 0 Å². The Morgan fingerprint density at radius 3 is 1.97 bits per heavy atom. The van der Waals surface area contributed by atoms with Crippen molar-refractivity contribution in [3.63, 3.8) is 0 Å². The van der Waals surface area contributed by atoms with Gasteiger partial charge < -0.3 is 4.74 Å². The van der Waals surface area contributed by atoms with Crippen molar-refractivity contribution in [2.24, 2.45) is 11.3 Å². The Labute approximate surface area is 178 Å². The molecule has 0 aromatic heterocycles. The fourth-order valence-electron chi connectivity index (χ4n) is 4.80. The van der Waals surface area contributed by atoms with Gasteiger partial charge in [-0.05, 0) is 42.0 Å². The Bertz CT molecular complexity index is 1160. The molecule has 0 unspecified atom stereocenters. The first kappa shape index (κ1) is 18.8. The lowest BCUT2D eigenvalue weighted by atomic mass is 9.91. The zero-order valence-electron chi connectivity index (χ0n) is 16.1. The lowest BCUT2D eigenvalue weighted by Gasteiger charge is -2.07. The first-order valence-corrected chi connectivity index (χ1v) is 10.00. The molecule has 4 nitrogen and oxygen atoms in total. The molecule has 1 saturated carbocycles. The zero-order valence-corrected chi connectivity index (χ0v) is 16.8. The normalized spacial score (nSPS) is 20.9. The molecule has 0 bridgehead atoms. The molecule has 5 heteroatoms. The molecule has 2 aliphatic carbocycles. The molecule has 0 saturated heterocycles. The second-order valence-corrected chi connectivity index (χ2v) is 8.11. The van der Waals surface area contributed by atoms with Crippen LogP contribution in [-0.2, 0) is 0 Å². The molecular formula is C25H17ClO4. The van der Waals surface area contributed by atoms with Crippen LogP contribution in [0.25, 0.3) is 0 Å². The number of methoxy groups -OCH3 is 1. The average molecular weight is 417 g/mol. The van der Waals surface area contributed by atoms with Crippen molar-refractivity contribution >= 4 is 29.0 Å². The molecule has 0 heterocycles. The number of rotatable bonds is 4. The molecule has 30 heavy (non-hydrogen) atoms. The standard InChI is InChI=1S/C25H17ClO4/c1-30-17-12-8-14(9-13-17)20-21(22(27)15-6-10-16(26)11-7-15)25(20)23(28)18-4-2-3-5-19(18)24(25)29/h2-13,20-21H,1H3/t20-,21+/m1/s1. The first-order chi connectivity index (χ1) is 14.5. The highest BCUT2D eigenvalue weighted by Gasteiger charge is 2.78. The van der Waals surface area contributed by atoms with Crippen molar-refractivity contribution in [1.29, 1.82) is 0 Å². The van der Waals surface area contributed by atoms with Crippen LogP contribution in [0.5, 0.6) is 5.75 Å². The highest BCUT2D eigenvalue weighted by Crippen LogP contribution is 2.70. The van der Waals surface area contributed by atoms with E-state index in [1.807, 2.05) is 12.1 Å². The van der Waals surface area contributed by atoms with E-state index in [9.17, 15) is 14.4 Å². The summed E-state index contributed by atoms with van der Waals surface area (Å²) in [5, 5.41) is 0.518. The SMILES string of the molecule is COc1ccc([C@@H]2[C@@H](C(=O)c3ccc(Cl)cc3)C23C(=O)c2ccccc2C3=O)cc1. The predicted octanol–water partition coefficient (Wildman–Crippen LogP) is 5.01. The largest absolute Gasteiger partial charge is 0.497 e. The highest BCUT2D eigenvalue weighted by molar-refractivity contribution is 6.35. The maximum Gasteiger partial charge on any atom is 0.178 e. The van der Waals surface area contributed by atoms with Gasteiger partial charge in [-0.15, -0.1) is 0 Å². The molecule has 2 aliphatic rings. The van der Waals surface area contributed by atoms with Crippen LogP contribution in [0.2, 0.25) is 5.02 Å². The Balaban J connectivity index is 1.63. The summed E-state index contributed by atoms with van der Waals surface area (Å²) in [6.07, 6.45) is 0. The van der Waals surface area contributed by atoms with Crippen molar-refractivity contribution in [2.75, 3.05) is 7.11 Å². The maximum atomic E-state index is 13.5. The van der Waals surface area contributed by atoms with Crippen molar-refractivity contribution in [2.45, 2.75) is 5.92 Å². The van der Waals surface area contributed by atoms with E-state index < -0.39 is 17.3 Å². The van der Waals surface area contributed by atoms with Gasteiger partial charge in [-0.3, -0.25) is 14.4 Å². The Hall–Kier alpha value is -3.24. The van der Waals surface area contributed by atoms with Gasteiger partial charge in [0.15, 0.2) is 17.3 Å². The summed E-state index contributed by atoms with van der Waals surface area (Å²) < 4.78 is 5.22. The fraction of sp³-hybridized carbons (Fsp3) is 0.160. The van der Waals surface area contributed by atoms with Crippen molar-refractivity contribution in [3.05, 3.63) is 100 Å². The van der Waals surface area contributed by atoms with Gasteiger partial charge in [-0.2, -0.15) is 0 Å². The van der Waals surface area contributed by atoms with Gasteiger partial charge in [0.05, 0.1) is 13.0 Å². The van der Waals surface area contributed by atoms with E-state index in [-0.39, 0.29) is 17.3 Å². The number of hydrogen-bond donors (Lipinski definition) is 0. The van der Waals surface area contributed by atoms with Gasteiger partial charge in [0.2, 0.25) is 0 Å². The zero-order chi connectivity index (χ0) is 21.0. The molecular weight excluding hydrogens is 400 g/mol. The Morgan fingerprint density at radius 2 is 1.43 bits per heavy atom. The molecule has 0 amide bonds. The van der Waals surface area contributed by atoms with Crippen LogP contribution in [0.1, 0.15) is 42.6 Å². The molecule has 0 radical (unpaired) electrons. The minimum absolute atomic E-state index is 0.220. The minimum Gasteiger partial charge on any atom is -0.497 e. The Morgan fingerprint density at radius 1 is 0.867 bits per heavy atom. The van der Waals surface area contributed by atoms with E-state index in [0.29, 0.717) is 27.5 Å². The van der Waals surface area contributed by atoms with Crippen molar-refractivity contribution in [3.8, 4) is 5.75 Å². The van der Waals surface area contributed by atoms with Crippen LogP contribution in [0.3, 0.4) is 0 Å². The molecule has 5 rings (SSSR count). The van der Waals surface area contributed by atoms with E-state index in [0.717, 1.165) is 5.56 Å². The molecule has 0 N–H and O–H groups in total. The summed E-state index contributed by atoms with van der Waals surface area (Å²) >= 11 is 5.96.